The first-order valence-corrected chi connectivity index (χ1v) is 11.0. The average molecular weight is 334 g/mol. The van der Waals surface area contributed by atoms with Crippen LogP contribution in [0.5, 0.6) is 0 Å². The van der Waals surface area contributed by atoms with E-state index in [4.69, 9.17) is 4.43 Å². The lowest BCUT2D eigenvalue weighted by Gasteiger charge is -2.38. The fraction of sp³-hybridized carbons (Fsp3) is 0.556. The largest absolute Gasteiger partial charge is 0.404 e. The van der Waals surface area contributed by atoms with Crippen LogP contribution >= 0.6 is 0 Å². The van der Waals surface area contributed by atoms with Gasteiger partial charge < -0.3 is 4.43 Å². The lowest BCUT2D eigenvalue weighted by atomic mass is 10.1. The Labute approximate surface area is 140 Å². The van der Waals surface area contributed by atoms with Gasteiger partial charge >= 0.3 is 0 Å². The summed E-state index contributed by atoms with van der Waals surface area (Å²) < 4.78 is 6.25. The van der Waals surface area contributed by atoms with Crippen LogP contribution in [0.25, 0.3) is 0 Å². The fourth-order valence-electron chi connectivity index (χ4n) is 2.42. The summed E-state index contributed by atoms with van der Waals surface area (Å²) in [6, 6.07) is 9.59. The molecule has 0 spiro atoms. The van der Waals surface area contributed by atoms with E-state index in [0.29, 0.717) is 6.54 Å². The molecule has 4 nitrogen and oxygen atoms in total. The van der Waals surface area contributed by atoms with Crippen molar-refractivity contribution in [2.75, 3.05) is 0 Å². The van der Waals surface area contributed by atoms with Gasteiger partial charge in [-0.2, -0.15) is 0 Å². The average Bonchev–Trinajstić information content (AvgIpc) is 2.65. The molecule has 1 saturated heterocycles. The van der Waals surface area contributed by atoms with E-state index in [1.54, 1.807) is 6.92 Å². The molecule has 0 aromatic heterocycles. The number of carbonyl (C=O) groups is 2. The Kier molecular flexibility index (Phi) is 4.83. The smallest absolute Gasteiger partial charge is 0.258 e. The highest BCUT2D eigenvalue weighted by Gasteiger charge is 2.50. The highest BCUT2D eigenvalue weighted by atomic mass is 28.4. The molecule has 23 heavy (non-hydrogen) atoms. The van der Waals surface area contributed by atoms with Crippen molar-refractivity contribution >= 4 is 20.1 Å². The Morgan fingerprint density at radius 2 is 1.65 bits per heavy atom. The molecule has 0 N–H and O–H groups in total. The molecule has 0 unspecified atom stereocenters. The van der Waals surface area contributed by atoms with Crippen LogP contribution in [0.4, 0.5) is 0 Å². The van der Waals surface area contributed by atoms with E-state index in [9.17, 15) is 9.59 Å². The molecule has 126 valence electrons. The summed E-state index contributed by atoms with van der Waals surface area (Å²) >= 11 is 0. The lowest BCUT2D eigenvalue weighted by molar-refractivity contribution is -0.141. The van der Waals surface area contributed by atoms with Crippen molar-refractivity contribution in [2.45, 2.75) is 58.5 Å². The third kappa shape index (κ3) is 3.56. The Hall–Kier alpha value is -1.46. The number of benzene rings is 1. The number of hydrogen-bond acceptors (Lipinski definition) is 3. The van der Waals surface area contributed by atoms with Gasteiger partial charge in [-0.25, -0.2) is 0 Å². The predicted molar refractivity (Wildman–Crippen MR) is 93.2 cm³/mol. The summed E-state index contributed by atoms with van der Waals surface area (Å²) in [4.78, 5) is 26.6. The van der Waals surface area contributed by atoms with Crippen LogP contribution in [-0.2, 0) is 20.6 Å². The normalized spacial score (nSPS) is 22.8. The molecule has 5 heteroatoms. The molecule has 1 aliphatic rings. The first-order chi connectivity index (χ1) is 10.5. The summed E-state index contributed by atoms with van der Waals surface area (Å²) in [7, 11) is -2.10. The second-order valence-corrected chi connectivity index (χ2v) is 12.6. The molecule has 0 saturated carbocycles. The van der Waals surface area contributed by atoms with Crippen molar-refractivity contribution in [1.29, 1.82) is 0 Å². The number of rotatable bonds is 4. The van der Waals surface area contributed by atoms with Crippen LogP contribution in [-0.4, -0.2) is 31.1 Å². The Morgan fingerprint density at radius 1 is 1.09 bits per heavy atom. The molecule has 0 radical (unpaired) electrons. The number of amides is 2. The summed E-state index contributed by atoms with van der Waals surface area (Å²) in [5.74, 6) is -0.751. The molecule has 2 rings (SSSR count). The first-order valence-electron chi connectivity index (χ1n) is 8.11. The van der Waals surface area contributed by atoms with Crippen LogP contribution in [0.2, 0.25) is 18.1 Å². The van der Waals surface area contributed by atoms with Crippen LogP contribution in [0.3, 0.4) is 0 Å². The number of hydrogen-bond donors (Lipinski definition) is 0. The predicted octanol–water partition coefficient (Wildman–Crippen LogP) is 3.58. The first kappa shape index (κ1) is 17.9. The fourth-order valence-corrected chi connectivity index (χ4v) is 3.71. The zero-order valence-corrected chi connectivity index (χ0v) is 15.9. The van der Waals surface area contributed by atoms with E-state index in [-0.39, 0.29) is 16.9 Å². The summed E-state index contributed by atoms with van der Waals surface area (Å²) in [6.07, 6.45) is -0.646. The monoisotopic (exact) mass is 333 g/mol. The van der Waals surface area contributed by atoms with E-state index in [2.05, 4.69) is 33.9 Å². The highest BCUT2D eigenvalue weighted by molar-refractivity contribution is 6.74. The molecule has 1 heterocycles. The number of nitrogens with zero attached hydrogens (tertiary/aromatic N) is 1. The van der Waals surface area contributed by atoms with Gasteiger partial charge in [-0.05, 0) is 23.7 Å². The summed E-state index contributed by atoms with van der Waals surface area (Å²) in [5, 5.41) is 0.00287. The zero-order valence-electron chi connectivity index (χ0n) is 14.9. The van der Waals surface area contributed by atoms with Gasteiger partial charge in [0.05, 0.1) is 12.5 Å². The molecule has 0 bridgehead atoms. The molecule has 2 amide bonds. The molecular formula is C18H27NO3Si. The number of carbonyl (C=O) groups excluding carboxylic acids is 2. The van der Waals surface area contributed by atoms with Crippen molar-refractivity contribution in [2.24, 2.45) is 5.92 Å². The molecule has 1 aromatic carbocycles. The van der Waals surface area contributed by atoms with E-state index in [1.807, 2.05) is 30.3 Å². The summed E-state index contributed by atoms with van der Waals surface area (Å²) in [5.41, 5.74) is 0.953. The second kappa shape index (κ2) is 6.21. The van der Waals surface area contributed by atoms with Gasteiger partial charge in [0.25, 0.3) is 5.91 Å². The molecular weight excluding hydrogens is 306 g/mol. The van der Waals surface area contributed by atoms with E-state index in [1.165, 1.54) is 4.90 Å². The van der Waals surface area contributed by atoms with Gasteiger partial charge in [-0.15, -0.1) is 0 Å². The van der Waals surface area contributed by atoms with Gasteiger partial charge in [0.15, 0.2) is 8.32 Å². The SMILES string of the molecule is C[C@H]1C(=O)N(Cc2ccccc2)C(=O)[C@@H]1O[Si](C)(C)C(C)(C)C. The lowest BCUT2D eigenvalue weighted by Crippen LogP contribution is -2.47. The third-order valence-corrected chi connectivity index (χ3v) is 9.49. The Morgan fingerprint density at radius 3 is 2.17 bits per heavy atom. The minimum atomic E-state index is -2.10. The molecule has 1 fully saturated rings. The van der Waals surface area contributed by atoms with Crippen LogP contribution in [0.1, 0.15) is 33.3 Å². The van der Waals surface area contributed by atoms with Crippen LogP contribution < -0.4 is 0 Å². The minimum Gasteiger partial charge on any atom is -0.404 e. The van der Waals surface area contributed by atoms with Gasteiger partial charge in [0.2, 0.25) is 5.91 Å². The maximum atomic E-state index is 12.7. The van der Waals surface area contributed by atoms with Gasteiger partial charge in [-0.3, -0.25) is 14.5 Å². The maximum Gasteiger partial charge on any atom is 0.258 e. The quantitative estimate of drug-likeness (QED) is 0.625. The zero-order chi connectivity index (χ0) is 17.4. The molecule has 0 aliphatic carbocycles. The number of imide groups is 1. The van der Waals surface area contributed by atoms with Crippen molar-refractivity contribution in [3.63, 3.8) is 0 Å². The van der Waals surface area contributed by atoms with Crippen molar-refractivity contribution < 1.29 is 14.0 Å². The second-order valence-electron chi connectivity index (χ2n) is 7.84. The van der Waals surface area contributed by atoms with Gasteiger partial charge in [0.1, 0.15) is 6.10 Å². The van der Waals surface area contributed by atoms with E-state index in [0.717, 1.165) is 5.56 Å². The van der Waals surface area contributed by atoms with Crippen LogP contribution in [0, 0.1) is 5.92 Å². The summed E-state index contributed by atoms with van der Waals surface area (Å²) in [6.45, 7) is 12.7. The Balaban J connectivity index is 2.18. The topological polar surface area (TPSA) is 46.6 Å². The maximum absolute atomic E-state index is 12.7. The standard InChI is InChI=1S/C18H27NO3Si/c1-13-15(22-23(5,6)18(2,3)4)17(21)19(16(13)20)12-14-10-8-7-9-11-14/h7-11,13,15H,12H2,1-6H3/t13-,15-/m1/s1. The van der Waals surface area contributed by atoms with E-state index >= 15 is 0 Å². The molecule has 2 atom stereocenters. The Bertz CT molecular complexity index is 592. The van der Waals surface area contributed by atoms with Crippen molar-refractivity contribution in [3.05, 3.63) is 35.9 Å². The van der Waals surface area contributed by atoms with Crippen molar-refractivity contribution in [1.82, 2.24) is 4.90 Å². The van der Waals surface area contributed by atoms with Crippen LogP contribution in [0.15, 0.2) is 30.3 Å². The third-order valence-electron chi connectivity index (χ3n) is 5.03. The molecule has 1 aliphatic heterocycles. The molecule has 1 aromatic rings. The minimum absolute atomic E-state index is 0.00287. The van der Waals surface area contributed by atoms with Gasteiger partial charge in [-0.1, -0.05) is 58.0 Å². The van der Waals surface area contributed by atoms with Crippen molar-refractivity contribution in [3.8, 4) is 0 Å². The number of likely N-dealkylation sites (tertiary alicyclic amines) is 1. The van der Waals surface area contributed by atoms with Gasteiger partial charge in [0, 0.05) is 0 Å². The highest BCUT2D eigenvalue weighted by Crippen LogP contribution is 2.39. The van der Waals surface area contributed by atoms with E-state index < -0.39 is 20.3 Å².